The van der Waals surface area contributed by atoms with Crippen LogP contribution in [0, 0.1) is 5.82 Å². The molecule has 10 heteroatoms. The summed E-state index contributed by atoms with van der Waals surface area (Å²) in [6, 6.07) is 10.7. The minimum atomic E-state index is -4.48. The highest BCUT2D eigenvalue weighted by molar-refractivity contribution is 6.50. The lowest BCUT2D eigenvalue weighted by atomic mass is 9.95. The minimum absolute atomic E-state index is 0.0956. The number of nitrogens with zero attached hydrogens (tertiary/aromatic N) is 1. The first-order chi connectivity index (χ1) is 17.2. The van der Waals surface area contributed by atoms with Crippen LogP contribution in [-0.2, 0) is 23.8 Å². The largest absolute Gasteiger partial charge is 0.481 e. The van der Waals surface area contributed by atoms with Gasteiger partial charge >= 0.3 is 12.1 Å². The molecule has 0 aromatic heterocycles. The molecule has 0 aliphatic heterocycles. The number of β-amino-alcohol motifs (C(OH)–C–C–N with tert-alkyl or cyclic N) is 1. The van der Waals surface area contributed by atoms with E-state index < -0.39 is 33.5 Å². The number of aliphatic carboxylic acids is 1. The van der Waals surface area contributed by atoms with Crippen molar-refractivity contribution in [2.45, 2.75) is 70.2 Å². The third-order valence-corrected chi connectivity index (χ3v) is 7.80. The average Bonchev–Trinajstić information content (AvgIpc) is 2.78. The highest BCUT2D eigenvalue weighted by atomic mass is 28.2. The van der Waals surface area contributed by atoms with Crippen molar-refractivity contribution >= 4 is 20.8 Å². The van der Waals surface area contributed by atoms with Crippen LogP contribution in [0.3, 0.4) is 0 Å². The Morgan fingerprint density at radius 3 is 2.46 bits per heavy atom. The molecule has 0 aliphatic rings. The van der Waals surface area contributed by atoms with Crippen LogP contribution < -0.4 is 10.5 Å². The van der Waals surface area contributed by atoms with E-state index in [1.165, 1.54) is 6.07 Å². The topological polar surface area (TPSA) is 72.8 Å². The molecule has 0 saturated heterocycles. The van der Waals surface area contributed by atoms with Crippen LogP contribution in [0.5, 0.6) is 0 Å². The van der Waals surface area contributed by atoms with Crippen LogP contribution in [0.25, 0.3) is 0 Å². The van der Waals surface area contributed by atoms with Gasteiger partial charge in [-0.1, -0.05) is 24.3 Å². The van der Waals surface area contributed by atoms with E-state index in [2.05, 4.69) is 5.32 Å². The number of rotatable bonds is 15. The van der Waals surface area contributed by atoms with E-state index in [-0.39, 0.29) is 30.6 Å². The summed E-state index contributed by atoms with van der Waals surface area (Å²) in [4.78, 5) is 10.7. The number of nitrogens with one attached hydrogen (secondary N) is 1. The molecule has 2 aromatic rings. The summed E-state index contributed by atoms with van der Waals surface area (Å²) in [5.74, 6) is -1.18. The smallest absolute Gasteiger partial charge is 0.416 e. The van der Waals surface area contributed by atoms with E-state index in [0.29, 0.717) is 35.8 Å². The van der Waals surface area contributed by atoms with E-state index in [0.717, 1.165) is 25.0 Å². The molecule has 0 aliphatic carbocycles. The van der Waals surface area contributed by atoms with Gasteiger partial charge in [0.25, 0.3) is 0 Å². The molecule has 5 nitrogen and oxygen atoms in total. The fraction of sp³-hybridized carbons (Fsp3) is 0.519. The predicted molar refractivity (Wildman–Crippen MR) is 140 cm³/mol. The number of carbonyl (C=O) groups is 1. The van der Waals surface area contributed by atoms with Crippen molar-refractivity contribution in [3.05, 3.63) is 65.0 Å². The number of carboxylic acids is 1. The first-order valence-corrected chi connectivity index (χ1v) is 13.9. The predicted octanol–water partition coefficient (Wildman–Crippen LogP) is 3.64. The number of aliphatic hydroxyl groups excluding tert-OH is 1. The zero-order valence-electron chi connectivity index (χ0n) is 21.7. The Morgan fingerprint density at radius 2 is 1.81 bits per heavy atom. The van der Waals surface area contributed by atoms with Crippen LogP contribution in [0.4, 0.5) is 17.6 Å². The maximum atomic E-state index is 13.8. The minimum Gasteiger partial charge on any atom is -0.481 e. The number of alkyl halides is 3. The van der Waals surface area contributed by atoms with Gasteiger partial charge in [0.05, 0.1) is 11.7 Å². The molecule has 1 atom stereocenters. The quantitative estimate of drug-likeness (QED) is 0.237. The van der Waals surface area contributed by atoms with Crippen molar-refractivity contribution in [2.75, 3.05) is 20.1 Å². The van der Waals surface area contributed by atoms with Crippen LogP contribution >= 0.6 is 0 Å². The molecule has 37 heavy (non-hydrogen) atoms. The van der Waals surface area contributed by atoms with Crippen molar-refractivity contribution in [3.63, 3.8) is 0 Å². The SMILES string of the molecule is CN(C[C@H](O)CNC(C)(C)CCCc1ccccc1F)[SiH2]c1cc(CCCC(=O)O)cc(C(F)(F)F)c1. The maximum Gasteiger partial charge on any atom is 0.416 e. The summed E-state index contributed by atoms with van der Waals surface area (Å²) >= 11 is 0. The van der Waals surface area contributed by atoms with Gasteiger partial charge in [0, 0.05) is 25.0 Å². The number of halogens is 4. The molecule has 0 bridgehead atoms. The number of carboxylic acid groups (broad SMARTS) is 1. The maximum absolute atomic E-state index is 13.8. The normalized spacial score (nSPS) is 13.5. The number of aliphatic hydroxyl groups is 1. The van der Waals surface area contributed by atoms with Gasteiger partial charge in [0.15, 0.2) is 0 Å². The second-order valence-electron chi connectivity index (χ2n) is 10.3. The van der Waals surface area contributed by atoms with Gasteiger partial charge in [-0.2, -0.15) is 13.2 Å². The van der Waals surface area contributed by atoms with E-state index in [4.69, 9.17) is 5.11 Å². The molecule has 0 fully saturated rings. The zero-order valence-corrected chi connectivity index (χ0v) is 23.2. The lowest BCUT2D eigenvalue weighted by Crippen LogP contribution is -2.47. The molecule has 0 heterocycles. The molecule has 0 radical (unpaired) electrons. The van der Waals surface area contributed by atoms with Gasteiger partial charge in [0.2, 0.25) is 0 Å². The summed E-state index contributed by atoms with van der Waals surface area (Å²) in [5, 5.41) is 23.3. The van der Waals surface area contributed by atoms with E-state index in [1.54, 1.807) is 25.2 Å². The number of benzene rings is 2. The Bertz CT molecular complexity index is 1020. The Kier molecular flexibility index (Phi) is 11.7. The molecule has 206 valence electrons. The van der Waals surface area contributed by atoms with Crippen molar-refractivity contribution < 1.29 is 32.6 Å². The third-order valence-electron chi connectivity index (χ3n) is 6.23. The average molecular weight is 543 g/mol. The lowest BCUT2D eigenvalue weighted by molar-refractivity contribution is -0.138. The van der Waals surface area contributed by atoms with Crippen LogP contribution in [0.2, 0.25) is 0 Å². The standard InChI is InChI=1S/C27H38F4N2O3Si/c1-26(2,13-7-10-20-9-4-5-11-24(20)28)32-17-22(34)18-33(3)37-23-15-19(8-6-12-25(35)36)14-21(16-23)27(29,30)31/h4-5,9,11,14-16,22,32,34H,6-8,10,12-13,17-18,37H2,1-3H3,(H,35,36)/t22-/m1/s1. The second kappa shape index (κ2) is 14.0. The van der Waals surface area contributed by atoms with Crippen molar-refractivity contribution in [2.24, 2.45) is 0 Å². The van der Waals surface area contributed by atoms with Crippen molar-refractivity contribution in [1.29, 1.82) is 0 Å². The summed E-state index contributed by atoms with van der Waals surface area (Å²) < 4.78 is 55.9. The Hall–Kier alpha value is -2.27. The Labute approximate surface area is 218 Å². The summed E-state index contributed by atoms with van der Waals surface area (Å²) in [5.41, 5.74) is 0.167. The molecular weight excluding hydrogens is 504 g/mol. The van der Waals surface area contributed by atoms with Crippen molar-refractivity contribution in [1.82, 2.24) is 9.88 Å². The number of likely N-dealkylation sites (N-methyl/N-ethyl adjacent to an activating group) is 1. The number of aryl methyl sites for hydroxylation is 2. The summed E-state index contributed by atoms with van der Waals surface area (Å²) in [6.07, 6.45) is -2.54. The summed E-state index contributed by atoms with van der Waals surface area (Å²) in [6.45, 7) is 4.69. The monoisotopic (exact) mass is 542 g/mol. The van der Waals surface area contributed by atoms with Crippen LogP contribution in [0.15, 0.2) is 42.5 Å². The molecule has 0 saturated carbocycles. The van der Waals surface area contributed by atoms with E-state index >= 15 is 0 Å². The summed E-state index contributed by atoms with van der Waals surface area (Å²) in [7, 11) is 0.517. The van der Waals surface area contributed by atoms with Gasteiger partial charge in [0.1, 0.15) is 15.5 Å². The molecule has 0 spiro atoms. The van der Waals surface area contributed by atoms with Gasteiger partial charge in [-0.15, -0.1) is 0 Å². The van der Waals surface area contributed by atoms with E-state index in [1.807, 2.05) is 24.5 Å². The molecule has 2 rings (SSSR count). The van der Waals surface area contributed by atoms with Gasteiger partial charge in [-0.05, 0) is 87.5 Å². The molecule has 3 N–H and O–H groups in total. The Morgan fingerprint density at radius 1 is 1.11 bits per heavy atom. The van der Waals surface area contributed by atoms with Gasteiger partial charge < -0.3 is 20.1 Å². The van der Waals surface area contributed by atoms with Crippen molar-refractivity contribution in [3.8, 4) is 0 Å². The molecule has 2 aromatic carbocycles. The lowest BCUT2D eigenvalue weighted by Gasteiger charge is -2.29. The fourth-order valence-corrected chi connectivity index (χ4v) is 6.03. The van der Waals surface area contributed by atoms with Gasteiger partial charge in [-0.3, -0.25) is 4.79 Å². The fourth-order valence-electron chi connectivity index (χ4n) is 4.31. The molecule has 0 amide bonds. The second-order valence-corrected chi connectivity index (χ2v) is 12.6. The highest BCUT2D eigenvalue weighted by Gasteiger charge is 2.31. The Balaban J connectivity index is 1.86. The molecular formula is C27H38F4N2O3Si. The first-order valence-electron chi connectivity index (χ1n) is 12.5. The highest BCUT2D eigenvalue weighted by Crippen LogP contribution is 2.29. The van der Waals surface area contributed by atoms with Gasteiger partial charge in [-0.25, -0.2) is 4.39 Å². The third kappa shape index (κ3) is 11.8. The molecule has 0 unspecified atom stereocenters. The number of hydrogen-bond acceptors (Lipinski definition) is 4. The zero-order chi connectivity index (χ0) is 27.6. The number of hydrogen-bond donors (Lipinski definition) is 3. The van der Waals surface area contributed by atoms with Crippen LogP contribution in [-0.4, -0.2) is 62.2 Å². The first kappa shape index (κ1) is 30.9. The van der Waals surface area contributed by atoms with E-state index in [9.17, 15) is 27.5 Å². The van der Waals surface area contributed by atoms with Crippen LogP contribution in [0.1, 0.15) is 56.2 Å².